The predicted octanol–water partition coefficient (Wildman–Crippen LogP) is 5.10. The Morgan fingerprint density at radius 3 is 2.74 bits per heavy atom. The maximum atomic E-state index is 12.2. The summed E-state index contributed by atoms with van der Waals surface area (Å²) in [6.07, 6.45) is 4.19. The predicted molar refractivity (Wildman–Crippen MR) is 119 cm³/mol. The summed E-state index contributed by atoms with van der Waals surface area (Å²) in [6.45, 7) is 10.1. The van der Waals surface area contributed by atoms with Crippen LogP contribution in [0.25, 0.3) is 10.1 Å². The molecule has 0 spiro atoms. The van der Waals surface area contributed by atoms with Gasteiger partial charge in [-0.2, -0.15) is 0 Å². The molecule has 2 rings (SSSR count). The minimum absolute atomic E-state index is 0.0106. The number of benzene rings is 1. The largest absolute Gasteiger partial charge is 0.493 e. The maximum Gasteiger partial charge on any atom is 0.236 e. The number of thioether (sulfide) groups is 1. The van der Waals surface area contributed by atoms with Crippen LogP contribution in [-0.2, 0) is 4.79 Å². The van der Waals surface area contributed by atoms with E-state index in [0.717, 1.165) is 53.9 Å². The second kappa shape index (κ2) is 11.1. The summed E-state index contributed by atoms with van der Waals surface area (Å²) >= 11 is 2.58. The van der Waals surface area contributed by atoms with Gasteiger partial charge in [-0.3, -0.25) is 9.59 Å². The second-order valence-electron chi connectivity index (χ2n) is 6.04. The summed E-state index contributed by atoms with van der Waals surface area (Å²) in [5, 5.41) is 1.02. The van der Waals surface area contributed by atoms with E-state index in [9.17, 15) is 9.59 Å². The smallest absolute Gasteiger partial charge is 0.236 e. The molecule has 0 saturated heterocycles. The van der Waals surface area contributed by atoms with Crippen molar-refractivity contribution in [3.05, 3.63) is 46.5 Å². The molecular weight excluding hydrogens is 378 g/mol. The van der Waals surface area contributed by atoms with Crippen LogP contribution in [0.5, 0.6) is 5.75 Å². The SMILES string of the molecule is C=CC(=O)SCCCCCOc1cc(=O)sc2c(N(CC)CC)cccc12. The van der Waals surface area contributed by atoms with E-state index >= 15 is 0 Å². The number of ether oxygens (including phenoxy) is 1. The molecule has 27 heavy (non-hydrogen) atoms. The Hall–Kier alpha value is -1.79. The van der Waals surface area contributed by atoms with Gasteiger partial charge in [0.15, 0.2) is 0 Å². The molecule has 0 atom stereocenters. The van der Waals surface area contributed by atoms with Crippen molar-refractivity contribution in [2.45, 2.75) is 33.1 Å². The highest BCUT2D eigenvalue weighted by molar-refractivity contribution is 8.14. The van der Waals surface area contributed by atoms with Crippen molar-refractivity contribution in [3.8, 4) is 5.75 Å². The molecule has 6 heteroatoms. The third kappa shape index (κ3) is 6.11. The van der Waals surface area contributed by atoms with Gasteiger partial charge in [0, 0.05) is 30.3 Å². The standard InChI is InChI=1S/C21H27NO3S2/c1-4-19(23)26-14-9-7-8-13-25-18-15-20(24)27-21-16(18)11-10-12-17(21)22(5-2)6-3/h4,10-12,15H,1,5-9,13-14H2,2-3H3. The molecule has 0 saturated carbocycles. The van der Waals surface area contributed by atoms with Crippen LogP contribution in [0.2, 0.25) is 0 Å². The van der Waals surface area contributed by atoms with Crippen LogP contribution >= 0.6 is 23.1 Å². The normalized spacial score (nSPS) is 10.7. The van der Waals surface area contributed by atoms with Crippen LogP contribution in [0.15, 0.2) is 41.7 Å². The Bertz CT molecular complexity index is 828. The van der Waals surface area contributed by atoms with Crippen LogP contribution < -0.4 is 14.4 Å². The lowest BCUT2D eigenvalue weighted by molar-refractivity contribution is -0.107. The zero-order valence-electron chi connectivity index (χ0n) is 16.0. The monoisotopic (exact) mass is 405 g/mol. The number of rotatable bonds is 11. The summed E-state index contributed by atoms with van der Waals surface area (Å²) < 4.78 is 6.95. The van der Waals surface area contributed by atoms with E-state index in [2.05, 4.69) is 31.4 Å². The molecule has 0 aliphatic rings. The average Bonchev–Trinajstić information content (AvgIpc) is 2.68. The molecule has 1 heterocycles. The van der Waals surface area contributed by atoms with Crippen molar-refractivity contribution in [1.29, 1.82) is 0 Å². The number of hydrogen-bond donors (Lipinski definition) is 0. The fraction of sp³-hybridized carbons (Fsp3) is 0.429. The molecule has 0 aliphatic heterocycles. The highest BCUT2D eigenvalue weighted by atomic mass is 32.2. The third-order valence-electron chi connectivity index (χ3n) is 4.27. The van der Waals surface area contributed by atoms with Gasteiger partial charge in [0.2, 0.25) is 9.86 Å². The highest BCUT2D eigenvalue weighted by Gasteiger charge is 2.12. The van der Waals surface area contributed by atoms with E-state index < -0.39 is 0 Å². The lowest BCUT2D eigenvalue weighted by Crippen LogP contribution is -2.22. The quantitative estimate of drug-likeness (QED) is 0.384. The lowest BCUT2D eigenvalue weighted by atomic mass is 10.2. The van der Waals surface area contributed by atoms with E-state index in [-0.39, 0.29) is 9.86 Å². The molecule has 146 valence electrons. The number of fused-ring (bicyclic) bond motifs is 1. The fourth-order valence-corrected chi connectivity index (χ4v) is 4.48. The number of unbranched alkanes of at least 4 members (excludes halogenated alkanes) is 2. The number of carbonyl (C=O) groups excluding carboxylic acids is 1. The average molecular weight is 406 g/mol. The number of nitrogens with zero attached hydrogens (tertiary/aromatic N) is 1. The van der Waals surface area contributed by atoms with Crippen molar-refractivity contribution in [2.75, 3.05) is 30.3 Å². The Kier molecular flexibility index (Phi) is 8.88. The first kappa shape index (κ1) is 21.5. The molecule has 0 unspecified atom stereocenters. The minimum atomic E-state index is 0.0106. The summed E-state index contributed by atoms with van der Waals surface area (Å²) in [5.41, 5.74) is 1.09. The first-order valence-corrected chi connectivity index (χ1v) is 11.1. The molecule has 0 N–H and O–H groups in total. The molecule has 2 aromatic rings. The van der Waals surface area contributed by atoms with Crippen LogP contribution in [0, 0.1) is 0 Å². The molecule has 0 fully saturated rings. The second-order valence-corrected chi connectivity index (χ2v) is 8.15. The van der Waals surface area contributed by atoms with Gasteiger partial charge in [-0.1, -0.05) is 35.7 Å². The van der Waals surface area contributed by atoms with Crippen molar-refractivity contribution < 1.29 is 9.53 Å². The van der Waals surface area contributed by atoms with Gasteiger partial charge < -0.3 is 9.64 Å². The van der Waals surface area contributed by atoms with Gasteiger partial charge in [-0.05, 0) is 51.3 Å². The summed E-state index contributed by atoms with van der Waals surface area (Å²) in [6, 6.07) is 7.70. The van der Waals surface area contributed by atoms with Crippen LogP contribution in [0.4, 0.5) is 5.69 Å². The van der Waals surface area contributed by atoms with E-state index in [0.29, 0.717) is 12.4 Å². The Balaban J connectivity index is 2.02. The summed E-state index contributed by atoms with van der Waals surface area (Å²) in [5.74, 6) is 1.47. The van der Waals surface area contributed by atoms with Gasteiger partial charge in [0.1, 0.15) is 5.75 Å². The topological polar surface area (TPSA) is 46.6 Å². The Morgan fingerprint density at radius 1 is 1.26 bits per heavy atom. The number of anilines is 1. The first-order valence-electron chi connectivity index (χ1n) is 9.34. The van der Waals surface area contributed by atoms with Crippen molar-refractivity contribution in [2.24, 2.45) is 0 Å². The highest BCUT2D eigenvalue weighted by Crippen LogP contribution is 2.34. The van der Waals surface area contributed by atoms with Crippen LogP contribution in [0.3, 0.4) is 0 Å². The van der Waals surface area contributed by atoms with Crippen molar-refractivity contribution in [3.63, 3.8) is 0 Å². The molecule has 1 aromatic heterocycles. The van der Waals surface area contributed by atoms with Crippen molar-refractivity contribution >= 4 is 44.0 Å². The van der Waals surface area contributed by atoms with E-state index in [1.165, 1.54) is 29.2 Å². The molecular formula is C21H27NO3S2. The first-order chi connectivity index (χ1) is 13.1. The zero-order chi connectivity index (χ0) is 19.6. The third-order valence-corrected chi connectivity index (χ3v) is 6.17. The van der Waals surface area contributed by atoms with E-state index in [4.69, 9.17) is 4.74 Å². The van der Waals surface area contributed by atoms with Gasteiger partial charge in [0.25, 0.3) is 0 Å². The lowest BCUT2D eigenvalue weighted by Gasteiger charge is -2.22. The van der Waals surface area contributed by atoms with Crippen molar-refractivity contribution in [1.82, 2.24) is 0 Å². The molecule has 0 amide bonds. The van der Waals surface area contributed by atoms with Crippen LogP contribution in [-0.4, -0.2) is 30.6 Å². The molecule has 1 aromatic carbocycles. The van der Waals surface area contributed by atoms with E-state index in [1.807, 2.05) is 12.1 Å². The summed E-state index contributed by atoms with van der Waals surface area (Å²) in [4.78, 5) is 25.6. The number of carbonyl (C=O) groups is 1. The molecule has 0 aliphatic carbocycles. The van der Waals surface area contributed by atoms with E-state index in [1.54, 1.807) is 6.07 Å². The Labute approximate surface area is 169 Å². The minimum Gasteiger partial charge on any atom is -0.493 e. The zero-order valence-corrected chi connectivity index (χ0v) is 17.7. The Morgan fingerprint density at radius 2 is 2.04 bits per heavy atom. The fourth-order valence-electron chi connectivity index (χ4n) is 2.87. The molecule has 0 bridgehead atoms. The molecule has 4 nitrogen and oxygen atoms in total. The van der Waals surface area contributed by atoms with Gasteiger partial charge >= 0.3 is 0 Å². The molecule has 0 radical (unpaired) electrons. The van der Waals surface area contributed by atoms with Gasteiger partial charge in [0.05, 0.1) is 17.0 Å². The van der Waals surface area contributed by atoms with Gasteiger partial charge in [-0.25, -0.2) is 0 Å². The maximum absolute atomic E-state index is 12.2. The number of hydrogen-bond acceptors (Lipinski definition) is 6. The van der Waals surface area contributed by atoms with Gasteiger partial charge in [-0.15, -0.1) is 0 Å². The summed E-state index contributed by atoms with van der Waals surface area (Å²) in [7, 11) is 0. The van der Waals surface area contributed by atoms with Crippen LogP contribution in [0.1, 0.15) is 33.1 Å².